The number of sulfonamides is 1. The molecule has 0 bridgehead atoms. The van der Waals surface area contributed by atoms with Crippen molar-refractivity contribution < 1.29 is 22.8 Å². The van der Waals surface area contributed by atoms with E-state index in [1.807, 2.05) is 0 Å². The Hall–Kier alpha value is -4.40. The number of H-pyrrole nitrogens is 1. The SMILES string of the molecule is NC(=O)CC1CN(S(=O)(=O)c2cc3cc(Cl)ccc3[nH]2)CC(CC(N)=O)N1C(=O)c1cnc(-c2ccncc2)nc1. The van der Waals surface area contributed by atoms with Crippen LogP contribution in [0, 0.1) is 0 Å². The number of halogens is 1. The third-order valence-corrected chi connectivity index (χ3v) is 8.73. The van der Waals surface area contributed by atoms with Crippen LogP contribution in [0.15, 0.2) is 66.2 Å². The van der Waals surface area contributed by atoms with E-state index < -0.39 is 39.8 Å². The number of carbonyl (C=O) groups is 3. The first-order chi connectivity index (χ1) is 19.5. The van der Waals surface area contributed by atoms with E-state index >= 15 is 0 Å². The molecule has 0 aliphatic carbocycles. The number of nitrogens with one attached hydrogen (secondary N) is 1. The van der Waals surface area contributed by atoms with E-state index in [1.54, 1.807) is 42.7 Å². The summed E-state index contributed by atoms with van der Waals surface area (Å²) in [5, 5.41) is 0.918. The topological polar surface area (TPSA) is 198 Å². The van der Waals surface area contributed by atoms with Gasteiger partial charge < -0.3 is 21.4 Å². The summed E-state index contributed by atoms with van der Waals surface area (Å²) in [4.78, 5) is 54.5. The summed E-state index contributed by atoms with van der Waals surface area (Å²) in [5.41, 5.74) is 12.3. The van der Waals surface area contributed by atoms with Crippen LogP contribution in [0.4, 0.5) is 0 Å². The standard InChI is InChI=1S/C26H25ClN8O5S/c27-18-1-2-21-16(7-18)8-24(33-21)41(39,40)34-13-19(9-22(28)36)35(20(14-34)10-23(29)37)26(38)17-11-31-25(32-12-17)15-3-5-30-6-4-15/h1-8,11-12,19-20,33H,9-10,13-14H2,(H2,28,36)(H2,29,37). The monoisotopic (exact) mass is 596 g/mol. The molecule has 2 unspecified atom stereocenters. The van der Waals surface area contributed by atoms with Gasteiger partial charge in [0.1, 0.15) is 5.03 Å². The highest BCUT2D eigenvalue weighted by atomic mass is 35.5. The molecule has 3 aromatic heterocycles. The van der Waals surface area contributed by atoms with Crippen molar-refractivity contribution in [3.8, 4) is 11.4 Å². The van der Waals surface area contributed by atoms with Crippen LogP contribution >= 0.6 is 11.6 Å². The molecule has 4 aromatic rings. The molecule has 5 N–H and O–H groups in total. The third-order valence-electron chi connectivity index (χ3n) is 6.74. The highest BCUT2D eigenvalue weighted by Gasteiger charge is 2.43. The van der Waals surface area contributed by atoms with E-state index in [0.29, 0.717) is 27.3 Å². The number of amides is 3. The molecular formula is C26H25ClN8O5S. The van der Waals surface area contributed by atoms with Gasteiger partial charge in [0, 0.05) is 72.2 Å². The van der Waals surface area contributed by atoms with E-state index in [1.165, 1.54) is 23.4 Å². The number of rotatable bonds is 8. The van der Waals surface area contributed by atoms with Crippen molar-refractivity contribution in [3.05, 3.63) is 71.8 Å². The number of pyridine rings is 1. The summed E-state index contributed by atoms with van der Waals surface area (Å²) in [5.74, 6) is -1.74. The number of primary amides is 2. The van der Waals surface area contributed by atoms with Gasteiger partial charge in [-0.25, -0.2) is 18.4 Å². The first-order valence-electron chi connectivity index (χ1n) is 12.4. The van der Waals surface area contributed by atoms with E-state index in [4.69, 9.17) is 23.1 Å². The lowest BCUT2D eigenvalue weighted by atomic mass is 10.0. The van der Waals surface area contributed by atoms with E-state index in [9.17, 15) is 22.8 Å². The Morgan fingerprint density at radius 2 is 1.56 bits per heavy atom. The Morgan fingerprint density at radius 3 is 2.15 bits per heavy atom. The van der Waals surface area contributed by atoms with Gasteiger partial charge in [0.2, 0.25) is 11.8 Å². The number of hydrogen-bond acceptors (Lipinski definition) is 8. The number of nitrogens with two attached hydrogens (primary N) is 2. The van der Waals surface area contributed by atoms with Gasteiger partial charge in [0.25, 0.3) is 15.9 Å². The molecule has 2 atom stereocenters. The Labute approximate surface area is 239 Å². The van der Waals surface area contributed by atoms with Crippen LogP contribution in [0.1, 0.15) is 23.2 Å². The second-order valence-corrected chi connectivity index (χ2v) is 11.9. The van der Waals surface area contributed by atoms with E-state index in [0.717, 1.165) is 4.31 Å². The summed E-state index contributed by atoms with van der Waals surface area (Å²) in [6, 6.07) is 7.78. The lowest BCUT2D eigenvalue weighted by Crippen LogP contribution is -2.62. The number of carbonyl (C=O) groups excluding carboxylic acids is 3. The fourth-order valence-corrected chi connectivity index (χ4v) is 6.64. The minimum Gasteiger partial charge on any atom is -0.370 e. The number of hydrogen-bond donors (Lipinski definition) is 3. The molecule has 1 fully saturated rings. The molecule has 0 radical (unpaired) electrons. The fraction of sp³-hybridized carbons (Fsp3) is 0.231. The first-order valence-corrected chi connectivity index (χ1v) is 14.2. The lowest BCUT2D eigenvalue weighted by Gasteiger charge is -2.45. The van der Waals surface area contributed by atoms with Gasteiger partial charge >= 0.3 is 0 Å². The van der Waals surface area contributed by atoms with Crippen molar-refractivity contribution in [2.75, 3.05) is 13.1 Å². The van der Waals surface area contributed by atoms with Gasteiger partial charge in [-0.3, -0.25) is 19.4 Å². The summed E-state index contributed by atoms with van der Waals surface area (Å²) in [6.07, 6.45) is 5.10. The van der Waals surface area contributed by atoms with Crippen molar-refractivity contribution in [3.63, 3.8) is 0 Å². The van der Waals surface area contributed by atoms with Crippen molar-refractivity contribution in [2.24, 2.45) is 11.5 Å². The average molecular weight is 597 g/mol. The van der Waals surface area contributed by atoms with Crippen LogP contribution in [0.3, 0.4) is 0 Å². The molecule has 5 rings (SSSR count). The van der Waals surface area contributed by atoms with Gasteiger partial charge in [0.05, 0.1) is 17.6 Å². The zero-order valence-electron chi connectivity index (χ0n) is 21.5. The Bertz CT molecular complexity index is 1700. The number of fused-ring (bicyclic) bond motifs is 1. The quantitative estimate of drug-likeness (QED) is 0.270. The second kappa shape index (κ2) is 11.2. The lowest BCUT2D eigenvalue weighted by molar-refractivity contribution is -0.120. The molecule has 0 spiro atoms. The zero-order valence-corrected chi connectivity index (χ0v) is 23.0. The molecule has 1 aliphatic heterocycles. The molecule has 1 aliphatic rings. The summed E-state index contributed by atoms with van der Waals surface area (Å²) in [7, 11) is -4.16. The molecule has 0 saturated carbocycles. The molecule has 1 saturated heterocycles. The van der Waals surface area contributed by atoms with Crippen LogP contribution in [0.2, 0.25) is 5.02 Å². The summed E-state index contributed by atoms with van der Waals surface area (Å²) >= 11 is 6.05. The number of aromatic nitrogens is 4. The first kappa shape index (κ1) is 28.1. The molecule has 13 nitrogen and oxygen atoms in total. The van der Waals surface area contributed by atoms with Crippen LogP contribution in [0.25, 0.3) is 22.3 Å². The molecule has 3 amide bonds. The Kier molecular flexibility index (Phi) is 7.71. The van der Waals surface area contributed by atoms with E-state index in [-0.39, 0.29) is 36.5 Å². The van der Waals surface area contributed by atoms with Crippen molar-refractivity contribution in [2.45, 2.75) is 30.0 Å². The highest BCUT2D eigenvalue weighted by molar-refractivity contribution is 7.89. The fourth-order valence-electron chi connectivity index (χ4n) is 4.93. The minimum absolute atomic E-state index is 0.0792. The maximum absolute atomic E-state index is 13.8. The van der Waals surface area contributed by atoms with Gasteiger partial charge in [-0.2, -0.15) is 4.31 Å². The number of benzene rings is 1. The molecular weight excluding hydrogens is 572 g/mol. The largest absolute Gasteiger partial charge is 0.370 e. The maximum atomic E-state index is 13.8. The average Bonchev–Trinajstić information content (AvgIpc) is 3.37. The predicted molar refractivity (Wildman–Crippen MR) is 149 cm³/mol. The van der Waals surface area contributed by atoms with Crippen LogP contribution in [0.5, 0.6) is 0 Å². The van der Waals surface area contributed by atoms with Gasteiger partial charge in [-0.05, 0) is 36.4 Å². The second-order valence-electron chi connectivity index (χ2n) is 9.58. The highest BCUT2D eigenvalue weighted by Crippen LogP contribution is 2.30. The normalized spacial score (nSPS) is 17.9. The van der Waals surface area contributed by atoms with Crippen molar-refractivity contribution in [1.82, 2.24) is 29.1 Å². The van der Waals surface area contributed by atoms with Crippen molar-refractivity contribution in [1.29, 1.82) is 0 Å². The zero-order chi connectivity index (χ0) is 29.3. The van der Waals surface area contributed by atoms with Crippen LogP contribution < -0.4 is 11.5 Å². The molecule has 41 heavy (non-hydrogen) atoms. The van der Waals surface area contributed by atoms with Crippen LogP contribution in [-0.4, -0.2) is 80.5 Å². The maximum Gasteiger partial charge on any atom is 0.258 e. The molecule has 4 heterocycles. The van der Waals surface area contributed by atoms with Gasteiger partial charge in [0.15, 0.2) is 5.82 Å². The number of aromatic amines is 1. The van der Waals surface area contributed by atoms with Gasteiger partial charge in [-0.15, -0.1) is 0 Å². The van der Waals surface area contributed by atoms with Crippen LogP contribution in [-0.2, 0) is 19.6 Å². The Balaban J connectivity index is 1.48. The molecule has 15 heteroatoms. The summed E-state index contributed by atoms with van der Waals surface area (Å²) < 4.78 is 28.6. The van der Waals surface area contributed by atoms with Crippen molar-refractivity contribution >= 4 is 50.2 Å². The minimum atomic E-state index is -4.16. The van der Waals surface area contributed by atoms with E-state index in [2.05, 4.69) is 19.9 Å². The Morgan fingerprint density at radius 1 is 0.951 bits per heavy atom. The molecule has 212 valence electrons. The van der Waals surface area contributed by atoms with Gasteiger partial charge in [-0.1, -0.05) is 11.6 Å². The smallest absolute Gasteiger partial charge is 0.258 e. The summed E-state index contributed by atoms with van der Waals surface area (Å²) in [6.45, 7) is -0.503. The third kappa shape index (κ3) is 5.89. The number of piperazine rings is 1. The predicted octanol–water partition coefficient (Wildman–Crippen LogP) is 1.31. The number of nitrogens with zero attached hydrogens (tertiary/aromatic N) is 5. The molecule has 1 aromatic carbocycles.